The molecule has 22 heavy (non-hydrogen) atoms. The molecule has 3 aliphatic rings. The first-order valence-electron chi connectivity index (χ1n) is 8.13. The zero-order chi connectivity index (χ0) is 14.7. The molecule has 3 heterocycles. The number of carbonyl (C=O) groups excluding carboxylic acids is 2. The largest absolute Gasteiger partial charge is 0.368 e. The molecule has 0 aliphatic carbocycles. The first-order chi connectivity index (χ1) is 10.2. The summed E-state index contributed by atoms with van der Waals surface area (Å²) in [6, 6.07) is 0. The molecule has 0 aromatic rings. The van der Waals surface area contributed by atoms with E-state index in [0.717, 1.165) is 32.4 Å². The van der Waals surface area contributed by atoms with E-state index < -0.39 is 0 Å². The van der Waals surface area contributed by atoms with Crippen molar-refractivity contribution in [3.8, 4) is 0 Å². The number of hydrogen-bond acceptors (Lipinski definition) is 4. The summed E-state index contributed by atoms with van der Waals surface area (Å²) in [5.41, 5.74) is 0. The molecule has 126 valence electrons. The van der Waals surface area contributed by atoms with Crippen LogP contribution in [0.25, 0.3) is 0 Å². The van der Waals surface area contributed by atoms with Crippen LogP contribution in [0.15, 0.2) is 0 Å². The molecule has 0 aromatic carbocycles. The molecule has 6 nitrogen and oxygen atoms in total. The predicted octanol–water partition coefficient (Wildman–Crippen LogP) is 0.258. The monoisotopic (exact) mass is 331 g/mol. The summed E-state index contributed by atoms with van der Waals surface area (Å²) in [6.45, 7) is 5.31. The van der Waals surface area contributed by atoms with Gasteiger partial charge in [-0.3, -0.25) is 9.59 Å². The van der Waals surface area contributed by atoms with E-state index in [1.54, 1.807) is 0 Å². The van der Waals surface area contributed by atoms with Crippen LogP contribution in [0, 0.1) is 5.92 Å². The molecule has 3 aliphatic heterocycles. The molecule has 3 saturated heterocycles. The van der Waals surface area contributed by atoms with Crippen molar-refractivity contribution in [2.45, 2.75) is 31.8 Å². The van der Waals surface area contributed by atoms with Gasteiger partial charge in [0.1, 0.15) is 6.10 Å². The normalized spacial score (nSPS) is 28.5. The SMILES string of the molecule is Cl.O=C(CC1CCNC1)N1CCN(C(=O)C2CCCO2)CC1. The minimum atomic E-state index is -0.239. The number of nitrogens with one attached hydrogen (secondary N) is 1. The number of ether oxygens (including phenoxy) is 1. The third-order valence-corrected chi connectivity index (χ3v) is 4.77. The Balaban J connectivity index is 0.00000176. The van der Waals surface area contributed by atoms with E-state index in [4.69, 9.17) is 4.74 Å². The minimum Gasteiger partial charge on any atom is -0.368 e. The standard InChI is InChI=1S/C15H25N3O3.ClH/c19-14(10-12-3-4-16-11-12)17-5-7-18(8-6-17)15(20)13-2-1-9-21-13;/h12-13,16H,1-11H2;1H. The van der Waals surface area contributed by atoms with Gasteiger partial charge in [0, 0.05) is 39.2 Å². The molecular weight excluding hydrogens is 306 g/mol. The van der Waals surface area contributed by atoms with E-state index in [9.17, 15) is 9.59 Å². The Morgan fingerprint density at radius 1 is 1.09 bits per heavy atom. The molecule has 3 rings (SSSR count). The molecule has 2 unspecified atom stereocenters. The highest BCUT2D eigenvalue weighted by atomic mass is 35.5. The number of rotatable bonds is 3. The Morgan fingerprint density at radius 2 is 1.82 bits per heavy atom. The Kier molecular flexibility index (Phi) is 6.47. The molecule has 2 atom stereocenters. The van der Waals surface area contributed by atoms with Gasteiger partial charge < -0.3 is 19.9 Å². The average Bonchev–Trinajstić information content (AvgIpc) is 3.20. The van der Waals surface area contributed by atoms with Gasteiger partial charge in [-0.1, -0.05) is 0 Å². The maximum atomic E-state index is 12.3. The molecule has 0 radical (unpaired) electrons. The van der Waals surface area contributed by atoms with E-state index >= 15 is 0 Å². The second kappa shape index (κ2) is 8.13. The van der Waals surface area contributed by atoms with Crippen LogP contribution in [0.3, 0.4) is 0 Å². The van der Waals surface area contributed by atoms with Gasteiger partial charge >= 0.3 is 0 Å². The Bertz CT molecular complexity index is 387. The van der Waals surface area contributed by atoms with Gasteiger partial charge in [-0.2, -0.15) is 0 Å². The second-order valence-electron chi connectivity index (χ2n) is 6.27. The van der Waals surface area contributed by atoms with Crippen molar-refractivity contribution in [3.05, 3.63) is 0 Å². The summed E-state index contributed by atoms with van der Waals surface area (Å²) >= 11 is 0. The Labute approximate surface area is 137 Å². The van der Waals surface area contributed by atoms with Gasteiger partial charge in [-0.15, -0.1) is 12.4 Å². The van der Waals surface area contributed by atoms with E-state index in [-0.39, 0.29) is 30.3 Å². The highest BCUT2D eigenvalue weighted by Gasteiger charge is 2.31. The number of hydrogen-bond donors (Lipinski definition) is 1. The molecular formula is C15H26ClN3O3. The second-order valence-corrected chi connectivity index (χ2v) is 6.27. The van der Waals surface area contributed by atoms with Crippen LogP contribution in [-0.4, -0.2) is 73.6 Å². The van der Waals surface area contributed by atoms with E-state index in [1.165, 1.54) is 0 Å². The number of amides is 2. The van der Waals surface area contributed by atoms with Crippen LogP contribution >= 0.6 is 12.4 Å². The number of piperazine rings is 1. The summed E-state index contributed by atoms with van der Waals surface area (Å²) in [4.78, 5) is 28.3. The Morgan fingerprint density at radius 3 is 2.41 bits per heavy atom. The first-order valence-corrected chi connectivity index (χ1v) is 8.13. The lowest BCUT2D eigenvalue weighted by atomic mass is 10.0. The average molecular weight is 332 g/mol. The van der Waals surface area contributed by atoms with E-state index in [2.05, 4.69) is 5.32 Å². The van der Waals surface area contributed by atoms with Gasteiger partial charge in [0.2, 0.25) is 5.91 Å². The van der Waals surface area contributed by atoms with Crippen molar-refractivity contribution in [2.75, 3.05) is 45.9 Å². The van der Waals surface area contributed by atoms with Crippen LogP contribution in [0.4, 0.5) is 0 Å². The van der Waals surface area contributed by atoms with E-state index in [1.807, 2.05) is 9.80 Å². The fourth-order valence-electron chi connectivity index (χ4n) is 3.42. The number of halogens is 1. The van der Waals surface area contributed by atoms with Crippen molar-refractivity contribution in [1.82, 2.24) is 15.1 Å². The zero-order valence-corrected chi connectivity index (χ0v) is 13.8. The Hall–Kier alpha value is -0.850. The lowest BCUT2D eigenvalue weighted by molar-refractivity contribution is -0.146. The van der Waals surface area contributed by atoms with Crippen molar-refractivity contribution < 1.29 is 14.3 Å². The quantitative estimate of drug-likeness (QED) is 0.805. The maximum Gasteiger partial charge on any atom is 0.251 e. The van der Waals surface area contributed by atoms with Gasteiger partial charge in [-0.25, -0.2) is 0 Å². The molecule has 1 N–H and O–H groups in total. The summed E-state index contributed by atoms with van der Waals surface area (Å²) in [5, 5.41) is 3.30. The lowest BCUT2D eigenvalue weighted by Crippen LogP contribution is -2.53. The topological polar surface area (TPSA) is 61.9 Å². The third-order valence-electron chi connectivity index (χ3n) is 4.77. The lowest BCUT2D eigenvalue weighted by Gasteiger charge is -2.36. The number of nitrogens with zero attached hydrogens (tertiary/aromatic N) is 2. The molecule has 0 spiro atoms. The van der Waals surface area contributed by atoms with Gasteiger partial charge in [-0.05, 0) is 38.3 Å². The van der Waals surface area contributed by atoms with Crippen molar-refractivity contribution in [3.63, 3.8) is 0 Å². The maximum absolute atomic E-state index is 12.3. The summed E-state index contributed by atoms with van der Waals surface area (Å²) in [6.07, 6.45) is 3.32. The molecule has 3 fully saturated rings. The summed E-state index contributed by atoms with van der Waals surface area (Å²) in [5.74, 6) is 0.844. The van der Waals surface area contributed by atoms with Gasteiger partial charge in [0.15, 0.2) is 0 Å². The fourth-order valence-corrected chi connectivity index (χ4v) is 3.42. The van der Waals surface area contributed by atoms with Gasteiger partial charge in [0.05, 0.1) is 0 Å². The van der Waals surface area contributed by atoms with Crippen LogP contribution in [0.5, 0.6) is 0 Å². The van der Waals surface area contributed by atoms with Crippen molar-refractivity contribution in [1.29, 1.82) is 0 Å². The predicted molar refractivity (Wildman–Crippen MR) is 85.0 cm³/mol. The zero-order valence-electron chi connectivity index (χ0n) is 13.0. The van der Waals surface area contributed by atoms with Crippen LogP contribution < -0.4 is 5.32 Å². The third kappa shape index (κ3) is 4.12. The van der Waals surface area contributed by atoms with Crippen LogP contribution in [0.1, 0.15) is 25.7 Å². The minimum absolute atomic E-state index is 0. The van der Waals surface area contributed by atoms with Crippen LogP contribution in [0.2, 0.25) is 0 Å². The fraction of sp³-hybridized carbons (Fsp3) is 0.867. The first kappa shape index (κ1) is 17.5. The molecule has 0 saturated carbocycles. The van der Waals surface area contributed by atoms with Crippen LogP contribution in [-0.2, 0) is 14.3 Å². The molecule has 7 heteroatoms. The molecule has 0 bridgehead atoms. The van der Waals surface area contributed by atoms with Crippen molar-refractivity contribution in [2.24, 2.45) is 5.92 Å². The highest BCUT2D eigenvalue weighted by Crippen LogP contribution is 2.18. The highest BCUT2D eigenvalue weighted by molar-refractivity contribution is 5.85. The number of carbonyl (C=O) groups is 2. The smallest absolute Gasteiger partial charge is 0.251 e. The van der Waals surface area contributed by atoms with Gasteiger partial charge in [0.25, 0.3) is 5.91 Å². The van der Waals surface area contributed by atoms with Crippen molar-refractivity contribution >= 4 is 24.2 Å². The summed E-state index contributed by atoms with van der Waals surface area (Å²) < 4.78 is 5.45. The van der Waals surface area contributed by atoms with E-state index in [0.29, 0.717) is 45.1 Å². The summed E-state index contributed by atoms with van der Waals surface area (Å²) in [7, 11) is 0. The molecule has 2 amide bonds. The molecule has 0 aromatic heterocycles.